The maximum absolute atomic E-state index is 12.6. The topological polar surface area (TPSA) is 67.6 Å². The van der Waals surface area contributed by atoms with Crippen molar-refractivity contribution in [3.8, 4) is 22.6 Å². The molecular weight excluding hydrogens is 446 g/mol. The van der Waals surface area contributed by atoms with E-state index >= 15 is 0 Å². The van der Waals surface area contributed by atoms with E-state index in [1.165, 1.54) is 11.8 Å². The van der Waals surface area contributed by atoms with Gasteiger partial charge in [0.2, 0.25) is 5.91 Å². The Hall–Kier alpha value is -3.55. The average Bonchev–Trinajstić information content (AvgIpc) is 3.34. The van der Waals surface area contributed by atoms with Crippen molar-refractivity contribution in [3.05, 3.63) is 84.9 Å². The molecule has 6 nitrogen and oxygen atoms in total. The number of nitrogens with one attached hydrogen (secondary N) is 1. The van der Waals surface area contributed by atoms with Crippen molar-refractivity contribution < 1.29 is 13.9 Å². The highest BCUT2D eigenvalue weighted by molar-refractivity contribution is 7.99. The van der Waals surface area contributed by atoms with Gasteiger partial charge in [0.25, 0.3) is 5.22 Å². The molecule has 0 saturated carbocycles. The number of benzene rings is 3. The smallest absolute Gasteiger partial charge is 0.257 e. The summed E-state index contributed by atoms with van der Waals surface area (Å²) in [6, 6.07) is 27.7. The van der Waals surface area contributed by atoms with Crippen LogP contribution in [0.2, 0.25) is 0 Å². The van der Waals surface area contributed by atoms with E-state index in [-0.39, 0.29) is 11.7 Å². The number of carbonyl (C=O) groups excluding carboxylic acids is 1. The van der Waals surface area contributed by atoms with Crippen molar-refractivity contribution in [1.82, 2.24) is 4.98 Å². The van der Waals surface area contributed by atoms with Gasteiger partial charge in [-0.15, -0.1) is 0 Å². The van der Waals surface area contributed by atoms with Crippen LogP contribution >= 0.6 is 11.8 Å². The number of thioether (sulfide) groups is 1. The minimum atomic E-state index is -0.107. The summed E-state index contributed by atoms with van der Waals surface area (Å²) in [5.74, 6) is 0.798. The van der Waals surface area contributed by atoms with Crippen LogP contribution in [0.1, 0.15) is 0 Å². The fourth-order valence-corrected chi connectivity index (χ4v) is 4.47. The summed E-state index contributed by atoms with van der Waals surface area (Å²) in [5.41, 5.74) is 4.60. The first-order chi connectivity index (χ1) is 16.8. The van der Waals surface area contributed by atoms with Crippen LogP contribution in [-0.4, -0.2) is 42.9 Å². The fourth-order valence-electron chi connectivity index (χ4n) is 3.84. The molecule has 1 amide bonds. The molecule has 0 spiro atoms. The number of amides is 1. The van der Waals surface area contributed by atoms with Gasteiger partial charge in [0.1, 0.15) is 5.69 Å². The zero-order valence-corrected chi connectivity index (χ0v) is 19.5. The second kappa shape index (κ2) is 10.6. The Morgan fingerprint density at radius 2 is 1.53 bits per heavy atom. The molecule has 7 heteroatoms. The number of nitrogens with zero attached hydrogens (tertiary/aromatic N) is 2. The SMILES string of the molecule is O=C(CSc1nc(-c2ccccc2)c(-c2ccccc2)o1)Nc1ccc(N2CCOCC2)cc1. The molecule has 1 aliphatic heterocycles. The molecule has 34 heavy (non-hydrogen) atoms. The molecule has 1 fully saturated rings. The van der Waals surface area contributed by atoms with Gasteiger partial charge >= 0.3 is 0 Å². The number of oxazole rings is 1. The van der Waals surface area contributed by atoms with Gasteiger partial charge in [-0.05, 0) is 24.3 Å². The van der Waals surface area contributed by atoms with Crippen LogP contribution in [0.15, 0.2) is 94.6 Å². The van der Waals surface area contributed by atoms with Crippen molar-refractivity contribution in [3.63, 3.8) is 0 Å². The quantitative estimate of drug-likeness (QED) is 0.355. The van der Waals surface area contributed by atoms with E-state index in [0.29, 0.717) is 11.0 Å². The summed E-state index contributed by atoms with van der Waals surface area (Å²) in [6.45, 7) is 3.26. The Labute approximate surface area is 203 Å². The second-order valence-corrected chi connectivity index (χ2v) is 8.80. The lowest BCUT2D eigenvalue weighted by Crippen LogP contribution is -2.36. The van der Waals surface area contributed by atoms with Crippen molar-refractivity contribution >= 4 is 29.0 Å². The normalized spacial score (nSPS) is 13.6. The molecule has 0 unspecified atom stereocenters. The summed E-state index contributed by atoms with van der Waals surface area (Å²) in [7, 11) is 0. The average molecular weight is 472 g/mol. The summed E-state index contributed by atoms with van der Waals surface area (Å²) >= 11 is 1.29. The Morgan fingerprint density at radius 3 is 2.21 bits per heavy atom. The zero-order valence-electron chi connectivity index (χ0n) is 18.6. The Morgan fingerprint density at radius 1 is 0.882 bits per heavy atom. The van der Waals surface area contributed by atoms with E-state index < -0.39 is 0 Å². The molecule has 1 aliphatic rings. The Bertz CT molecular complexity index is 1160. The standard InChI is InChI=1S/C27H25N3O3S/c31-24(28-22-11-13-23(14-12-22)30-15-17-32-18-16-30)19-34-27-29-25(20-7-3-1-4-8-20)26(33-27)21-9-5-2-6-10-21/h1-14H,15-19H2,(H,28,31). The minimum Gasteiger partial charge on any atom is -0.431 e. The lowest BCUT2D eigenvalue weighted by atomic mass is 10.1. The molecule has 172 valence electrons. The molecule has 0 atom stereocenters. The molecule has 0 bridgehead atoms. The number of hydrogen-bond acceptors (Lipinski definition) is 6. The molecular formula is C27H25N3O3S. The van der Waals surface area contributed by atoms with Gasteiger partial charge in [0, 0.05) is 35.6 Å². The molecule has 1 saturated heterocycles. The molecule has 3 aromatic carbocycles. The maximum Gasteiger partial charge on any atom is 0.257 e. The third kappa shape index (κ3) is 5.32. The minimum absolute atomic E-state index is 0.107. The van der Waals surface area contributed by atoms with Crippen molar-refractivity contribution in [2.24, 2.45) is 0 Å². The van der Waals surface area contributed by atoms with E-state index in [1.54, 1.807) is 0 Å². The number of anilines is 2. The van der Waals surface area contributed by atoms with Crippen LogP contribution in [0.5, 0.6) is 0 Å². The van der Waals surface area contributed by atoms with E-state index in [1.807, 2.05) is 84.9 Å². The van der Waals surface area contributed by atoms with Crippen molar-refractivity contribution in [2.75, 3.05) is 42.3 Å². The monoisotopic (exact) mass is 471 g/mol. The number of aromatic nitrogens is 1. The predicted octanol–water partition coefficient (Wildman–Crippen LogP) is 5.58. The summed E-state index contributed by atoms with van der Waals surface area (Å²) in [5, 5.41) is 3.42. The summed E-state index contributed by atoms with van der Waals surface area (Å²) < 4.78 is 11.5. The van der Waals surface area contributed by atoms with E-state index in [4.69, 9.17) is 14.1 Å². The Balaban J connectivity index is 1.25. The largest absolute Gasteiger partial charge is 0.431 e. The van der Waals surface area contributed by atoms with Gasteiger partial charge in [-0.25, -0.2) is 4.98 Å². The van der Waals surface area contributed by atoms with Gasteiger partial charge in [0.05, 0.1) is 19.0 Å². The molecule has 4 aromatic rings. The zero-order chi connectivity index (χ0) is 23.2. The third-order valence-electron chi connectivity index (χ3n) is 5.54. The summed E-state index contributed by atoms with van der Waals surface area (Å²) in [6.07, 6.45) is 0. The number of ether oxygens (including phenoxy) is 1. The molecule has 1 aromatic heterocycles. The van der Waals surface area contributed by atoms with Crippen molar-refractivity contribution in [1.29, 1.82) is 0 Å². The third-order valence-corrected chi connectivity index (χ3v) is 6.37. The summed E-state index contributed by atoms with van der Waals surface area (Å²) in [4.78, 5) is 19.6. The lowest BCUT2D eigenvalue weighted by molar-refractivity contribution is -0.113. The number of hydrogen-bond donors (Lipinski definition) is 1. The van der Waals surface area contributed by atoms with Crippen molar-refractivity contribution in [2.45, 2.75) is 5.22 Å². The van der Waals surface area contributed by atoms with Crippen LogP contribution in [-0.2, 0) is 9.53 Å². The number of rotatable bonds is 7. The maximum atomic E-state index is 12.6. The molecule has 0 radical (unpaired) electrons. The first-order valence-electron chi connectivity index (χ1n) is 11.2. The molecule has 5 rings (SSSR count). The highest BCUT2D eigenvalue weighted by Crippen LogP contribution is 2.35. The first-order valence-corrected chi connectivity index (χ1v) is 12.2. The van der Waals surface area contributed by atoms with Gasteiger partial charge in [-0.2, -0.15) is 0 Å². The van der Waals surface area contributed by atoms with Gasteiger partial charge < -0.3 is 19.4 Å². The van der Waals surface area contributed by atoms with E-state index in [0.717, 1.165) is 54.5 Å². The highest BCUT2D eigenvalue weighted by Gasteiger charge is 2.18. The van der Waals surface area contributed by atoms with Crippen LogP contribution in [0.25, 0.3) is 22.6 Å². The van der Waals surface area contributed by atoms with Gasteiger partial charge in [-0.1, -0.05) is 72.4 Å². The predicted molar refractivity (Wildman–Crippen MR) is 136 cm³/mol. The van der Waals surface area contributed by atoms with Gasteiger partial charge in [0.15, 0.2) is 5.76 Å². The van der Waals surface area contributed by atoms with Crippen LogP contribution in [0.3, 0.4) is 0 Å². The number of morpholine rings is 1. The lowest BCUT2D eigenvalue weighted by Gasteiger charge is -2.28. The van der Waals surface area contributed by atoms with Crippen LogP contribution in [0.4, 0.5) is 11.4 Å². The Kier molecular flexibility index (Phi) is 6.93. The number of carbonyl (C=O) groups is 1. The van der Waals surface area contributed by atoms with Crippen LogP contribution < -0.4 is 10.2 Å². The fraction of sp³-hybridized carbons (Fsp3) is 0.185. The molecule has 2 heterocycles. The van der Waals surface area contributed by atoms with E-state index in [9.17, 15) is 4.79 Å². The highest BCUT2D eigenvalue weighted by atomic mass is 32.2. The second-order valence-electron chi connectivity index (χ2n) is 7.87. The van der Waals surface area contributed by atoms with E-state index in [2.05, 4.69) is 10.2 Å². The van der Waals surface area contributed by atoms with Crippen LogP contribution in [0, 0.1) is 0 Å². The molecule has 1 N–H and O–H groups in total. The first kappa shape index (κ1) is 22.3. The van der Waals surface area contributed by atoms with Gasteiger partial charge in [-0.3, -0.25) is 4.79 Å². The molecule has 0 aliphatic carbocycles.